The molecule has 0 spiro atoms. The highest BCUT2D eigenvalue weighted by atomic mass is 32.1. The van der Waals surface area contributed by atoms with Crippen molar-refractivity contribution in [1.82, 2.24) is 15.2 Å². The Morgan fingerprint density at radius 3 is 2.66 bits per heavy atom. The highest BCUT2D eigenvalue weighted by Crippen LogP contribution is 2.45. The lowest BCUT2D eigenvalue weighted by atomic mass is 9.86. The maximum atomic E-state index is 15.0. The summed E-state index contributed by atoms with van der Waals surface area (Å²) in [5.41, 5.74) is 1.50. The average molecular weight is 603 g/mol. The second-order valence-corrected chi connectivity index (χ2v) is 10.3. The highest BCUT2D eigenvalue weighted by Gasteiger charge is 2.47. The number of hydrogen-bond donors (Lipinski definition) is 3. The van der Waals surface area contributed by atoms with Crippen LogP contribution >= 0.6 is 11.3 Å². The number of nitrogens with one attached hydrogen (secondary N) is 2. The van der Waals surface area contributed by atoms with Crippen molar-refractivity contribution < 1.29 is 51.3 Å². The van der Waals surface area contributed by atoms with Crippen LogP contribution in [0.15, 0.2) is 30.5 Å². The SMILES string of the molecule is CNCc1cc(C2CN(C(C)C(=O)Nc3nc4cc5c(cc4s3)OC(F)(F)O5)CCC2(F)F)cc[n+]1OC.O=CO. The third-order valence-electron chi connectivity index (χ3n) is 6.70. The summed E-state index contributed by atoms with van der Waals surface area (Å²) in [6.07, 6.45) is -2.53. The average Bonchev–Trinajstić information content (AvgIpc) is 3.43. The van der Waals surface area contributed by atoms with E-state index in [-0.39, 0.29) is 36.2 Å². The molecule has 1 amide bonds. The molecule has 2 atom stereocenters. The monoisotopic (exact) mass is 602 g/mol. The van der Waals surface area contributed by atoms with Crippen LogP contribution in [0.1, 0.15) is 30.5 Å². The molecule has 222 valence electrons. The summed E-state index contributed by atoms with van der Waals surface area (Å²) in [7, 11) is 3.25. The third-order valence-corrected chi connectivity index (χ3v) is 7.64. The molecule has 1 aromatic carbocycles. The summed E-state index contributed by atoms with van der Waals surface area (Å²) in [5.74, 6) is -4.74. The van der Waals surface area contributed by atoms with Gasteiger partial charge < -0.3 is 25.2 Å². The zero-order chi connectivity index (χ0) is 29.9. The molecule has 0 radical (unpaired) electrons. The predicted octanol–water partition coefficient (Wildman–Crippen LogP) is 2.84. The van der Waals surface area contributed by atoms with Crippen molar-refractivity contribution >= 4 is 39.1 Å². The third kappa shape index (κ3) is 6.60. The van der Waals surface area contributed by atoms with Gasteiger partial charge in [0.2, 0.25) is 17.8 Å². The number of nitrogens with zero attached hydrogens (tertiary/aromatic N) is 3. The number of pyridine rings is 1. The normalized spacial score (nSPS) is 19.6. The molecular formula is C25H28F4N5O6S+. The molecule has 1 fully saturated rings. The van der Waals surface area contributed by atoms with Crippen molar-refractivity contribution in [1.29, 1.82) is 0 Å². The summed E-state index contributed by atoms with van der Waals surface area (Å²) in [5, 5.41) is 12.8. The molecular weight excluding hydrogens is 574 g/mol. The first-order valence-electron chi connectivity index (χ1n) is 12.4. The van der Waals surface area contributed by atoms with Crippen LogP contribution in [0.25, 0.3) is 10.2 Å². The van der Waals surface area contributed by atoms with Gasteiger partial charge in [-0.3, -0.25) is 19.3 Å². The molecule has 11 nitrogen and oxygen atoms in total. The van der Waals surface area contributed by atoms with Crippen molar-refractivity contribution in [2.24, 2.45) is 0 Å². The van der Waals surface area contributed by atoms with E-state index in [1.807, 2.05) is 0 Å². The number of carboxylic acid groups (broad SMARTS) is 1. The van der Waals surface area contributed by atoms with Gasteiger partial charge in [0, 0.05) is 48.5 Å². The molecule has 3 N–H and O–H groups in total. The predicted molar refractivity (Wildman–Crippen MR) is 138 cm³/mol. The molecule has 2 unspecified atom stereocenters. The number of carbonyl (C=O) groups excluding carboxylic acids is 1. The zero-order valence-electron chi connectivity index (χ0n) is 22.2. The smallest absolute Gasteiger partial charge is 0.483 e. The van der Waals surface area contributed by atoms with Gasteiger partial charge in [-0.1, -0.05) is 11.3 Å². The molecule has 0 saturated carbocycles. The van der Waals surface area contributed by atoms with Crippen molar-refractivity contribution in [2.75, 3.05) is 32.6 Å². The molecule has 2 aliphatic rings. The molecule has 5 rings (SSSR count). The number of carbonyl (C=O) groups is 2. The summed E-state index contributed by atoms with van der Waals surface area (Å²) in [6.45, 7) is 1.85. The van der Waals surface area contributed by atoms with E-state index in [1.165, 1.54) is 24.0 Å². The van der Waals surface area contributed by atoms with Gasteiger partial charge in [0.25, 0.3) is 12.4 Å². The quantitative estimate of drug-likeness (QED) is 0.213. The number of aromatic nitrogens is 2. The molecule has 41 heavy (non-hydrogen) atoms. The second-order valence-electron chi connectivity index (χ2n) is 9.27. The summed E-state index contributed by atoms with van der Waals surface area (Å²) >= 11 is 1.08. The van der Waals surface area contributed by atoms with Crippen molar-refractivity contribution in [3.8, 4) is 11.5 Å². The van der Waals surface area contributed by atoms with Gasteiger partial charge in [-0.2, -0.15) is 0 Å². The Labute approximate surface area is 235 Å². The van der Waals surface area contributed by atoms with E-state index in [1.54, 1.807) is 37.2 Å². The first-order chi connectivity index (χ1) is 19.4. The van der Waals surface area contributed by atoms with E-state index in [4.69, 9.17) is 14.7 Å². The number of anilines is 1. The van der Waals surface area contributed by atoms with E-state index in [0.717, 1.165) is 11.3 Å². The number of amides is 1. The van der Waals surface area contributed by atoms with Gasteiger partial charge in [0.1, 0.15) is 7.11 Å². The van der Waals surface area contributed by atoms with Gasteiger partial charge in [-0.15, -0.1) is 8.78 Å². The van der Waals surface area contributed by atoms with Crippen molar-refractivity contribution in [3.05, 3.63) is 41.7 Å². The van der Waals surface area contributed by atoms with Crippen LogP contribution in [-0.2, 0) is 16.1 Å². The molecule has 0 aliphatic carbocycles. The van der Waals surface area contributed by atoms with Crippen LogP contribution in [0, 0.1) is 0 Å². The number of hydrogen-bond acceptors (Lipinski definition) is 9. The minimum atomic E-state index is -3.74. The number of ether oxygens (including phenoxy) is 2. The molecule has 2 aliphatic heterocycles. The van der Waals surface area contributed by atoms with Crippen LogP contribution in [-0.4, -0.2) is 72.9 Å². The zero-order valence-corrected chi connectivity index (χ0v) is 23.0. The lowest BCUT2D eigenvalue weighted by molar-refractivity contribution is -0.890. The fraction of sp³-hybridized carbons (Fsp3) is 0.440. The highest BCUT2D eigenvalue weighted by molar-refractivity contribution is 7.22. The Balaban J connectivity index is 0.00000124. The number of rotatable bonds is 7. The van der Waals surface area contributed by atoms with E-state index in [2.05, 4.69) is 25.1 Å². The van der Waals surface area contributed by atoms with Gasteiger partial charge in [0.15, 0.2) is 16.6 Å². The Morgan fingerprint density at radius 1 is 1.32 bits per heavy atom. The topological polar surface area (TPSA) is 126 Å². The molecule has 1 saturated heterocycles. The summed E-state index contributed by atoms with van der Waals surface area (Å²) in [6, 6.07) is 5.26. The largest absolute Gasteiger partial charge is 0.586 e. The van der Waals surface area contributed by atoms with Crippen LogP contribution in [0.5, 0.6) is 11.5 Å². The first-order valence-corrected chi connectivity index (χ1v) is 13.2. The minimum absolute atomic E-state index is 0.0208. The van der Waals surface area contributed by atoms with E-state index in [9.17, 15) is 13.6 Å². The fourth-order valence-corrected chi connectivity index (χ4v) is 5.57. The number of piperidine rings is 1. The van der Waals surface area contributed by atoms with E-state index < -0.39 is 36.5 Å². The molecule has 0 bridgehead atoms. The minimum Gasteiger partial charge on any atom is -0.483 e. The van der Waals surface area contributed by atoms with E-state index >= 15 is 8.78 Å². The summed E-state index contributed by atoms with van der Waals surface area (Å²) < 4.78 is 67.6. The number of alkyl halides is 4. The molecule has 3 aromatic rings. The van der Waals surface area contributed by atoms with Crippen LogP contribution in [0.4, 0.5) is 22.7 Å². The van der Waals surface area contributed by atoms with Gasteiger partial charge >= 0.3 is 6.29 Å². The molecule has 4 heterocycles. The van der Waals surface area contributed by atoms with Crippen molar-refractivity contribution in [2.45, 2.75) is 44.1 Å². The number of likely N-dealkylation sites (tertiary alicyclic amines) is 1. The maximum absolute atomic E-state index is 15.0. The van der Waals surface area contributed by atoms with Crippen LogP contribution in [0.2, 0.25) is 0 Å². The lowest BCUT2D eigenvalue weighted by Gasteiger charge is -2.40. The fourth-order valence-electron chi connectivity index (χ4n) is 4.69. The first kappa shape index (κ1) is 30.2. The molecule has 2 aromatic heterocycles. The Morgan fingerprint density at radius 2 is 2.00 bits per heavy atom. The number of fused-ring (bicyclic) bond motifs is 2. The van der Waals surface area contributed by atoms with E-state index in [0.29, 0.717) is 28.0 Å². The number of thiazole rings is 1. The van der Waals surface area contributed by atoms with Crippen molar-refractivity contribution in [3.63, 3.8) is 0 Å². The van der Waals surface area contributed by atoms with Gasteiger partial charge in [-0.25, -0.2) is 13.8 Å². The summed E-state index contributed by atoms with van der Waals surface area (Å²) in [4.78, 5) is 32.7. The maximum Gasteiger partial charge on any atom is 0.586 e. The number of benzene rings is 1. The Hall–Kier alpha value is -3.76. The Bertz CT molecular complexity index is 1380. The van der Waals surface area contributed by atoms with Gasteiger partial charge in [0.05, 0.1) is 28.7 Å². The van der Waals surface area contributed by atoms with Gasteiger partial charge in [-0.05, 0) is 19.5 Å². The molecule has 16 heteroatoms. The lowest BCUT2D eigenvalue weighted by Crippen LogP contribution is -2.52. The van der Waals surface area contributed by atoms with Crippen LogP contribution in [0.3, 0.4) is 0 Å². The number of halogens is 4. The van der Waals surface area contributed by atoms with Crippen LogP contribution < -0.4 is 29.7 Å². The second kappa shape index (κ2) is 12.0. The standard InChI is InChI=1S/C24H25F4N5O4S.CH2O2/c1-13(21(34)31-22-30-17-9-18-19(10-20(17)38-22)37-24(27,28)36-18)32-7-5-23(25,26)16(12-32)14-4-6-33(35-3)15(8-14)11-29-2;2-1-3/h4,6,8-10,13,16,29H,5,7,11-12H2,1-3H3;1H,(H,2,3)/p+1. The Kier molecular flexibility index (Phi) is 8.84.